The highest BCUT2D eigenvalue weighted by molar-refractivity contribution is 7.99. The Hall–Kier alpha value is -0.750. The van der Waals surface area contributed by atoms with Crippen LogP contribution in [0.4, 0.5) is 0 Å². The first-order valence-electron chi connectivity index (χ1n) is 7.02. The van der Waals surface area contributed by atoms with Crippen molar-refractivity contribution in [1.82, 2.24) is 5.32 Å². The number of carbonyl (C=O) groups is 1. The quantitative estimate of drug-likeness (QED) is 0.841. The largest absolute Gasteiger partial charge is 0.394 e. The molecule has 6 heteroatoms. The van der Waals surface area contributed by atoms with Crippen LogP contribution >= 0.6 is 23.4 Å². The predicted molar refractivity (Wildman–Crippen MR) is 86.1 cm³/mol. The van der Waals surface area contributed by atoms with E-state index in [1.165, 1.54) is 0 Å². The van der Waals surface area contributed by atoms with Crippen molar-refractivity contribution in [3.63, 3.8) is 0 Å². The number of hydrogen-bond donors (Lipinski definition) is 2. The van der Waals surface area contributed by atoms with E-state index < -0.39 is 0 Å². The average molecular weight is 330 g/mol. The molecule has 1 aliphatic heterocycles. The summed E-state index contributed by atoms with van der Waals surface area (Å²) in [6.45, 7) is 0.758. The number of ether oxygens (including phenoxy) is 1. The first kappa shape index (κ1) is 16.6. The standard InChI is InChI=1S/C15H20ClNO3S/c16-13-3-1-2-12(10-13)14(19)17-11-15(20-7-6-18)4-8-21-9-5-15/h1-3,10,18H,4-9,11H2,(H,17,19). The molecule has 116 valence electrons. The highest BCUT2D eigenvalue weighted by Crippen LogP contribution is 2.30. The van der Waals surface area contributed by atoms with Gasteiger partial charge >= 0.3 is 0 Å². The van der Waals surface area contributed by atoms with E-state index >= 15 is 0 Å². The third-order valence-electron chi connectivity index (χ3n) is 3.56. The molecule has 0 aromatic heterocycles. The zero-order valence-electron chi connectivity index (χ0n) is 11.8. The maximum atomic E-state index is 12.2. The molecule has 4 nitrogen and oxygen atoms in total. The fourth-order valence-corrected chi connectivity index (χ4v) is 3.78. The van der Waals surface area contributed by atoms with Crippen LogP contribution in [0.2, 0.25) is 5.02 Å². The highest BCUT2D eigenvalue weighted by atomic mass is 35.5. The van der Waals surface area contributed by atoms with E-state index in [1.54, 1.807) is 24.3 Å². The van der Waals surface area contributed by atoms with Gasteiger partial charge in [-0.1, -0.05) is 17.7 Å². The van der Waals surface area contributed by atoms with Crippen LogP contribution in [0.25, 0.3) is 0 Å². The molecule has 0 saturated carbocycles. The molecular weight excluding hydrogens is 310 g/mol. The van der Waals surface area contributed by atoms with E-state index in [4.69, 9.17) is 21.4 Å². The van der Waals surface area contributed by atoms with Gasteiger partial charge in [-0.15, -0.1) is 0 Å². The number of benzene rings is 1. The molecule has 1 heterocycles. The SMILES string of the molecule is O=C(NCC1(OCCO)CCSCC1)c1cccc(Cl)c1. The molecule has 0 radical (unpaired) electrons. The lowest BCUT2D eigenvalue weighted by Crippen LogP contribution is -2.48. The van der Waals surface area contributed by atoms with Crippen LogP contribution in [-0.4, -0.2) is 47.9 Å². The number of halogens is 1. The molecule has 1 amide bonds. The van der Waals surface area contributed by atoms with Gasteiger partial charge < -0.3 is 15.2 Å². The van der Waals surface area contributed by atoms with Gasteiger partial charge in [0.1, 0.15) is 0 Å². The second kappa shape index (κ2) is 8.03. The van der Waals surface area contributed by atoms with E-state index in [0.29, 0.717) is 23.7 Å². The Labute approximate surface area is 134 Å². The topological polar surface area (TPSA) is 58.6 Å². The molecule has 1 aliphatic rings. The summed E-state index contributed by atoms with van der Waals surface area (Å²) < 4.78 is 5.83. The molecule has 1 saturated heterocycles. The first-order valence-corrected chi connectivity index (χ1v) is 8.55. The fraction of sp³-hybridized carbons (Fsp3) is 0.533. The molecule has 0 bridgehead atoms. The molecule has 0 spiro atoms. The lowest BCUT2D eigenvalue weighted by atomic mass is 9.96. The maximum Gasteiger partial charge on any atom is 0.251 e. The van der Waals surface area contributed by atoms with Crippen LogP contribution in [-0.2, 0) is 4.74 Å². The molecule has 1 aromatic rings. The molecule has 21 heavy (non-hydrogen) atoms. The smallest absolute Gasteiger partial charge is 0.251 e. The van der Waals surface area contributed by atoms with Gasteiger partial charge in [-0.3, -0.25) is 4.79 Å². The number of aliphatic hydroxyl groups is 1. The number of aliphatic hydroxyl groups excluding tert-OH is 1. The molecule has 0 unspecified atom stereocenters. The third kappa shape index (κ3) is 4.88. The normalized spacial score (nSPS) is 17.4. The van der Waals surface area contributed by atoms with Gasteiger partial charge in [0.25, 0.3) is 5.91 Å². The molecule has 0 aliphatic carbocycles. The monoisotopic (exact) mass is 329 g/mol. The van der Waals surface area contributed by atoms with Gasteiger partial charge in [0, 0.05) is 17.1 Å². The summed E-state index contributed by atoms with van der Waals surface area (Å²) in [5, 5.41) is 12.4. The van der Waals surface area contributed by atoms with Gasteiger partial charge in [0.05, 0.1) is 18.8 Å². The van der Waals surface area contributed by atoms with Crippen LogP contribution in [0.15, 0.2) is 24.3 Å². The Balaban J connectivity index is 1.96. The molecule has 1 fully saturated rings. The summed E-state index contributed by atoms with van der Waals surface area (Å²) >= 11 is 7.79. The van der Waals surface area contributed by atoms with Crippen LogP contribution < -0.4 is 5.32 Å². The summed E-state index contributed by atoms with van der Waals surface area (Å²) in [5.41, 5.74) is 0.187. The molecule has 0 atom stereocenters. The van der Waals surface area contributed by atoms with E-state index in [2.05, 4.69) is 5.32 Å². The number of hydrogen-bond acceptors (Lipinski definition) is 4. The average Bonchev–Trinajstić information content (AvgIpc) is 2.52. The highest BCUT2D eigenvalue weighted by Gasteiger charge is 2.33. The van der Waals surface area contributed by atoms with Gasteiger partial charge in [0.2, 0.25) is 0 Å². The van der Waals surface area contributed by atoms with Crippen LogP contribution in [0.1, 0.15) is 23.2 Å². The van der Waals surface area contributed by atoms with Crippen LogP contribution in [0.3, 0.4) is 0 Å². The van der Waals surface area contributed by atoms with Crippen molar-refractivity contribution in [3.05, 3.63) is 34.9 Å². The van der Waals surface area contributed by atoms with Crippen molar-refractivity contribution >= 4 is 29.3 Å². The van der Waals surface area contributed by atoms with E-state index in [9.17, 15) is 4.79 Å². The van der Waals surface area contributed by atoms with Crippen molar-refractivity contribution in [3.8, 4) is 0 Å². The lowest BCUT2D eigenvalue weighted by Gasteiger charge is -2.37. The summed E-state index contributed by atoms with van der Waals surface area (Å²) in [6, 6.07) is 6.88. The van der Waals surface area contributed by atoms with Gasteiger partial charge in [-0.25, -0.2) is 0 Å². The van der Waals surface area contributed by atoms with E-state index in [-0.39, 0.29) is 18.1 Å². The number of rotatable bonds is 6. The zero-order valence-corrected chi connectivity index (χ0v) is 13.4. The Morgan fingerprint density at radius 1 is 1.43 bits per heavy atom. The van der Waals surface area contributed by atoms with Crippen molar-refractivity contribution in [2.75, 3.05) is 31.3 Å². The minimum atomic E-state index is -0.359. The fourth-order valence-electron chi connectivity index (χ4n) is 2.35. The third-order valence-corrected chi connectivity index (χ3v) is 4.78. The Morgan fingerprint density at radius 3 is 2.86 bits per heavy atom. The zero-order chi connectivity index (χ0) is 15.1. The summed E-state index contributed by atoms with van der Waals surface area (Å²) in [6.07, 6.45) is 1.76. The van der Waals surface area contributed by atoms with Crippen molar-refractivity contribution in [2.24, 2.45) is 0 Å². The van der Waals surface area contributed by atoms with E-state index in [0.717, 1.165) is 24.3 Å². The summed E-state index contributed by atoms with van der Waals surface area (Å²) in [7, 11) is 0. The number of nitrogens with one attached hydrogen (secondary N) is 1. The molecule has 1 aromatic carbocycles. The van der Waals surface area contributed by atoms with Crippen LogP contribution in [0, 0.1) is 0 Å². The summed E-state index contributed by atoms with van der Waals surface area (Å²) in [4.78, 5) is 12.2. The predicted octanol–water partition coefficient (Wildman–Crippen LogP) is 2.34. The second-order valence-corrected chi connectivity index (χ2v) is 6.72. The van der Waals surface area contributed by atoms with Gasteiger partial charge in [-0.2, -0.15) is 11.8 Å². The second-order valence-electron chi connectivity index (χ2n) is 5.06. The lowest BCUT2D eigenvalue weighted by molar-refractivity contribution is -0.0608. The summed E-state index contributed by atoms with van der Waals surface area (Å²) in [5.74, 6) is 1.87. The Bertz CT molecular complexity index is 478. The number of amides is 1. The Morgan fingerprint density at radius 2 is 2.19 bits per heavy atom. The Kier molecular flexibility index (Phi) is 6.36. The maximum absolute atomic E-state index is 12.2. The minimum absolute atomic E-state index is 0.00284. The molecule has 2 rings (SSSR count). The molecular formula is C15H20ClNO3S. The van der Waals surface area contributed by atoms with Crippen molar-refractivity contribution in [2.45, 2.75) is 18.4 Å². The minimum Gasteiger partial charge on any atom is -0.394 e. The first-order chi connectivity index (χ1) is 10.2. The molecule has 2 N–H and O–H groups in total. The number of thioether (sulfide) groups is 1. The van der Waals surface area contributed by atoms with Crippen LogP contribution in [0.5, 0.6) is 0 Å². The van der Waals surface area contributed by atoms with Gasteiger partial charge in [-0.05, 0) is 42.5 Å². The van der Waals surface area contributed by atoms with E-state index in [1.807, 2.05) is 11.8 Å². The van der Waals surface area contributed by atoms with Crippen molar-refractivity contribution in [1.29, 1.82) is 0 Å². The number of carbonyl (C=O) groups excluding carboxylic acids is 1. The van der Waals surface area contributed by atoms with Crippen molar-refractivity contribution < 1.29 is 14.6 Å². The van der Waals surface area contributed by atoms with Gasteiger partial charge in [0.15, 0.2) is 0 Å².